The van der Waals surface area contributed by atoms with Crippen LogP contribution >= 0.6 is 36.2 Å². The highest BCUT2D eigenvalue weighted by Crippen LogP contribution is 2.32. The van der Waals surface area contributed by atoms with E-state index in [-0.39, 0.29) is 36.4 Å². The van der Waals surface area contributed by atoms with Gasteiger partial charge < -0.3 is 9.80 Å². The van der Waals surface area contributed by atoms with E-state index in [1.807, 2.05) is 24.3 Å². The van der Waals surface area contributed by atoms with Crippen molar-refractivity contribution in [2.24, 2.45) is 0 Å². The first-order chi connectivity index (χ1) is 17.5. The third-order valence-corrected chi connectivity index (χ3v) is 8.30. The van der Waals surface area contributed by atoms with Crippen LogP contribution in [0.5, 0.6) is 0 Å². The second-order valence-corrected chi connectivity index (χ2v) is 10.6. The quantitative estimate of drug-likeness (QED) is 0.311. The third-order valence-electron chi connectivity index (χ3n) is 7.28. The number of benzene rings is 2. The summed E-state index contributed by atoms with van der Waals surface area (Å²) in [4.78, 5) is 12.2. The summed E-state index contributed by atoms with van der Waals surface area (Å²) in [7, 11) is 0. The molecule has 0 spiro atoms. The minimum atomic E-state index is -0.239. The number of halogens is 4. The predicted molar refractivity (Wildman–Crippen MR) is 159 cm³/mol. The maximum Gasteiger partial charge on any atom is 0.185 e. The first-order valence-electron chi connectivity index (χ1n) is 12.9. The maximum atomic E-state index is 13.6. The van der Waals surface area contributed by atoms with E-state index in [1.54, 1.807) is 11.3 Å². The molecule has 2 fully saturated rings. The molecule has 2 aromatic carbocycles. The summed E-state index contributed by atoms with van der Waals surface area (Å²) in [5, 5.41) is 3.29. The molecule has 0 amide bonds. The highest BCUT2D eigenvalue weighted by Gasteiger charge is 2.21. The zero-order valence-corrected chi connectivity index (χ0v) is 24.2. The molecule has 3 aromatic rings. The van der Waals surface area contributed by atoms with Gasteiger partial charge in [-0.25, -0.2) is 13.8 Å². The van der Waals surface area contributed by atoms with Gasteiger partial charge in [-0.2, -0.15) is 0 Å². The summed E-state index contributed by atoms with van der Waals surface area (Å²) in [6.07, 6.45) is 3.14. The molecule has 9 heteroatoms. The summed E-state index contributed by atoms with van der Waals surface area (Å²) in [5.41, 5.74) is 5.61. The molecule has 1 aromatic heterocycles. The lowest BCUT2D eigenvalue weighted by Gasteiger charge is -2.35. The summed E-state index contributed by atoms with van der Waals surface area (Å²) >= 11 is 1.75. The molecule has 0 radical (unpaired) electrons. The second kappa shape index (κ2) is 14.4. The van der Waals surface area contributed by atoms with Crippen LogP contribution < -0.4 is 4.90 Å². The Hall–Kier alpha value is -2.03. The van der Waals surface area contributed by atoms with E-state index in [0.29, 0.717) is 0 Å². The van der Waals surface area contributed by atoms with Crippen LogP contribution in [0.3, 0.4) is 0 Å². The van der Waals surface area contributed by atoms with Crippen molar-refractivity contribution < 1.29 is 8.78 Å². The van der Waals surface area contributed by atoms with Gasteiger partial charge in [0.15, 0.2) is 5.13 Å². The fraction of sp³-hybridized carbons (Fsp3) is 0.414. The molecule has 0 unspecified atom stereocenters. The Kier molecular flexibility index (Phi) is 11.5. The molecule has 2 saturated heterocycles. The Morgan fingerprint density at radius 1 is 0.763 bits per heavy atom. The van der Waals surface area contributed by atoms with Crippen LogP contribution in [0, 0.1) is 18.6 Å². The van der Waals surface area contributed by atoms with E-state index < -0.39 is 0 Å². The average molecular weight is 582 g/mol. The normalized spacial score (nSPS) is 16.6. The molecule has 0 saturated carbocycles. The summed E-state index contributed by atoms with van der Waals surface area (Å²) in [6.45, 7) is 10.7. The molecule has 0 N–H and O–H groups in total. The van der Waals surface area contributed by atoms with Crippen LogP contribution in [0.1, 0.15) is 36.1 Å². The number of anilines is 1. The number of aromatic nitrogens is 1. The van der Waals surface area contributed by atoms with Gasteiger partial charge in [-0.1, -0.05) is 29.8 Å². The molecule has 0 atom stereocenters. The molecule has 2 aliphatic heterocycles. The number of rotatable bonds is 7. The van der Waals surface area contributed by atoms with Crippen LogP contribution in [-0.2, 0) is 0 Å². The fourth-order valence-electron chi connectivity index (χ4n) is 5.27. The van der Waals surface area contributed by atoms with Crippen molar-refractivity contribution in [1.82, 2.24) is 14.8 Å². The van der Waals surface area contributed by atoms with Gasteiger partial charge in [0.05, 0.1) is 5.69 Å². The number of piperazine rings is 1. The minimum absolute atomic E-state index is 0. The number of likely N-dealkylation sites (tertiary alicyclic amines) is 1. The first kappa shape index (κ1) is 30.5. The molecule has 5 rings (SSSR count). The summed E-state index contributed by atoms with van der Waals surface area (Å²) in [5.74, 6) is -0.478. The van der Waals surface area contributed by atoms with E-state index in [9.17, 15) is 8.78 Å². The van der Waals surface area contributed by atoms with Gasteiger partial charge in [0.25, 0.3) is 0 Å². The van der Waals surface area contributed by atoms with Crippen molar-refractivity contribution in [2.45, 2.75) is 26.2 Å². The van der Waals surface area contributed by atoms with Crippen LogP contribution in [0.4, 0.5) is 13.9 Å². The van der Waals surface area contributed by atoms with E-state index >= 15 is 0 Å². The highest BCUT2D eigenvalue weighted by atomic mass is 35.5. The molecule has 0 bridgehead atoms. The summed E-state index contributed by atoms with van der Waals surface area (Å²) < 4.78 is 27.1. The molecule has 2 aliphatic rings. The van der Waals surface area contributed by atoms with E-state index in [0.717, 1.165) is 92.7 Å². The van der Waals surface area contributed by atoms with E-state index in [2.05, 4.69) is 32.0 Å². The zero-order valence-electron chi connectivity index (χ0n) is 21.7. The number of hydrogen-bond donors (Lipinski definition) is 0. The number of nitrogens with zero attached hydrogens (tertiary/aromatic N) is 4. The second-order valence-electron chi connectivity index (χ2n) is 9.79. The van der Waals surface area contributed by atoms with Gasteiger partial charge in [-0.15, -0.1) is 36.2 Å². The number of aryl methyl sites for hydroxylation is 1. The van der Waals surface area contributed by atoms with Crippen LogP contribution in [0.15, 0.2) is 59.5 Å². The van der Waals surface area contributed by atoms with Crippen molar-refractivity contribution in [3.63, 3.8) is 0 Å². The highest BCUT2D eigenvalue weighted by molar-refractivity contribution is 7.13. The largest absolute Gasteiger partial charge is 0.346 e. The van der Waals surface area contributed by atoms with Crippen LogP contribution in [-0.4, -0.2) is 67.1 Å². The van der Waals surface area contributed by atoms with Gasteiger partial charge in [0.2, 0.25) is 0 Å². The molecular formula is C29H36Cl2F2N4S. The minimum Gasteiger partial charge on any atom is -0.346 e. The Morgan fingerprint density at radius 2 is 1.26 bits per heavy atom. The van der Waals surface area contributed by atoms with Crippen molar-refractivity contribution >= 4 is 46.9 Å². The first-order valence-corrected chi connectivity index (χ1v) is 13.8. The van der Waals surface area contributed by atoms with Gasteiger partial charge >= 0.3 is 0 Å². The number of hydrogen-bond acceptors (Lipinski definition) is 5. The average Bonchev–Trinajstić information content (AvgIpc) is 3.34. The lowest BCUT2D eigenvalue weighted by molar-refractivity contribution is 0.212. The number of thiazole rings is 1. The van der Waals surface area contributed by atoms with Crippen molar-refractivity contribution in [2.75, 3.05) is 57.3 Å². The predicted octanol–water partition coefficient (Wildman–Crippen LogP) is 6.68. The standard InChI is InChI=1S/C29H34F2N4S.2ClH/c1-22-21-36-29(32-22)35-19-17-34(18-20-35)14-2-13-33-15-11-25(12-16-33)28(23-3-7-26(30)8-4-23)24-5-9-27(31)10-6-24;;/h3-10,21H,2,11-20H2,1H3;2*1H. The Morgan fingerprint density at radius 3 is 1.74 bits per heavy atom. The molecular weight excluding hydrogens is 545 g/mol. The van der Waals surface area contributed by atoms with E-state index in [1.165, 1.54) is 36.3 Å². The maximum absolute atomic E-state index is 13.6. The number of piperidine rings is 1. The van der Waals surface area contributed by atoms with Crippen LogP contribution in [0.25, 0.3) is 5.57 Å². The molecule has 38 heavy (non-hydrogen) atoms. The Balaban J connectivity index is 0.00000200. The monoisotopic (exact) mass is 580 g/mol. The van der Waals surface area contributed by atoms with Gasteiger partial charge in [0, 0.05) is 44.6 Å². The molecule has 0 aliphatic carbocycles. The van der Waals surface area contributed by atoms with Crippen molar-refractivity contribution in [3.05, 3.63) is 87.9 Å². The molecule has 3 heterocycles. The smallest absolute Gasteiger partial charge is 0.185 e. The molecule has 4 nitrogen and oxygen atoms in total. The topological polar surface area (TPSA) is 22.6 Å². The third kappa shape index (κ3) is 7.76. The SMILES string of the molecule is Cc1csc(N2CCN(CCCN3CCC(=C(c4ccc(F)cc4)c4ccc(F)cc4)CC3)CC2)n1.Cl.Cl. The molecule has 206 valence electrons. The lowest BCUT2D eigenvalue weighted by Crippen LogP contribution is -2.47. The Bertz CT molecular complexity index is 1120. The van der Waals surface area contributed by atoms with E-state index in [4.69, 9.17) is 0 Å². The van der Waals surface area contributed by atoms with Crippen molar-refractivity contribution in [3.8, 4) is 0 Å². The summed E-state index contributed by atoms with van der Waals surface area (Å²) in [6, 6.07) is 13.4. The fourth-order valence-corrected chi connectivity index (χ4v) is 6.13. The zero-order chi connectivity index (χ0) is 24.9. The van der Waals surface area contributed by atoms with Gasteiger partial charge in [-0.3, -0.25) is 4.90 Å². The van der Waals surface area contributed by atoms with Crippen molar-refractivity contribution in [1.29, 1.82) is 0 Å². The van der Waals surface area contributed by atoms with Gasteiger partial charge in [0.1, 0.15) is 11.6 Å². The Labute approximate surface area is 241 Å². The lowest BCUT2D eigenvalue weighted by atomic mass is 9.88. The van der Waals surface area contributed by atoms with Gasteiger partial charge in [-0.05, 0) is 80.2 Å². The van der Waals surface area contributed by atoms with Crippen LogP contribution in [0.2, 0.25) is 0 Å².